The summed E-state index contributed by atoms with van der Waals surface area (Å²) in [5.74, 6) is -0.0620. The highest BCUT2D eigenvalue weighted by molar-refractivity contribution is 5.76. The number of rotatable bonds is 54. The molecule has 0 saturated heterocycles. The lowest BCUT2D eigenvalue weighted by Crippen LogP contribution is -2.45. The van der Waals surface area contributed by atoms with Crippen LogP contribution in [0.1, 0.15) is 316 Å². The van der Waals surface area contributed by atoms with Crippen molar-refractivity contribution >= 4 is 11.9 Å². The zero-order chi connectivity index (χ0) is 47.2. The van der Waals surface area contributed by atoms with Gasteiger partial charge in [-0.25, -0.2) is 0 Å². The number of nitrogens with one attached hydrogen (secondary N) is 1. The largest absolute Gasteiger partial charge is 0.466 e. The third-order valence-electron chi connectivity index (χ3n) is 13.5. The van der Waals surface area contributed by atoms with Gasteiger partial charge >= 0.3 is 5.97 Å². The molecule has 6 heteroatoms. The van der Waals surface area contributed by atoms with Crippen molar-refractivity contribution in [2.24, 2.45) is 0 Å². The van der Waals surface area contributed by atoms with Gasteiger partial charge in [0, 0.05) is 12.8 Å². The lowest BCUT2D eigenvalue weighted by Gasteiger charge is -2.20. The molecule has 65 heavy (non-hydrogen) atoms. The molecule has 0 rings (SSSR count). The number of carbonyl (C=O) groups is 2. The zero-order valence-electron chi connectivity index (χ0n) is 43.7. The van der Waals surface area contributed by atoms with Crippen molar-refractivity contribution in [3.05, 3.63) is 24.3 Å². The first-order valence-corrected chi connectivity index (χ1v) is 29.1. The number of hydrogen-bond acceptors (Lipinski definition) is 5. The summed E-state index contributed by atoms with van der Waals surface area (Å²) >= 11 is 0. The Kier molecular flexibility index (Phi) is 53.5. The number of ether oxygens (including phenoxy) is 1. The highest BCUT2D eigenvalue weighted by Crippen LogP contribution is 2.17. The van der Waals surface area contributed by atoms with E-state index in [2.05, 4.69) is 31.3 Å². The van der Waals surface area contributed by atoms with Gasteiger partial charge < -0.3 is 20.3 Å². The fraction of sp³-hybridized carbons (Fsp3) is 0.898. The van der Waals surface area contributed by atoms with Crippen molar-refractivity contribution in [3.63, 3.8) is 0 Å². The van der Waals surface area contributed by atoms with Gasteiger partial charge in [-0.05, 0) is 57.8 Å². The highest BCUT2D eigenvalue weighted by Gasteiger charge is 2.18. The molecule has 0 bridgehead atoms. The molecule has 1 amide bonds. The molecular formula is C59H113NO5. The van der Waals surface area contributed by atoms with E-state index in [1.54, 1.807) is 6.08 Å². The Bertz CT molecular complexity index is 1010. The predicted octanol–water partition coefficient (Wildman–Crippen LogP) is 17.9. The van der Waals surface area contributed by atoms with Crippen LogP contribution in [0.3, 0.4) is 0 Å². The Balaban J connectivity index is 3.39. The van der Waals surface area contributed by atoms with Crippen LogP contribution in [0.2, 0.25) is 0 Å². The van der Waals surface area contributed by atoms with Crippen LogP contribution >= 0.6 is 0 Å². The number of carbonyl (C=O) groups excluding carboxylic acids is 2. The summed E-state index contributed by atoms with van der Waals surface area (Å²) in [5.41, 5.74) is 0. The summed E-state index contributed by atoms with van der Waals surface area (Å²) in [7, 11) is 0. The monoisotopic (exact) mass is 916 g/mol. The first-order chi connectivity index (χ1) is 32.0. The quantitative estimate of drug-likeness (QED) is 0.0321. The molecule has 3 N–H and O–H groups in total. The second kappa shape index (κ2) is 54.9. The summed E-state index contributed by atoms with van der Waals surface area (Å²) in [4.78, 5) is 24.4. The van der Waals surface area contributed by atoms with Gasteiger partial charge in [0.25, 0.3) is 0 Å². The van der Waals surface area contributed by atoms with Crippen LogP contribution < -0.4 is 5.32 Å². The molecule has 0 aliphatic rings. The maximum absolute atomic E-state index is 12.4. The Morgan fingerprint density at radius 1 is 0.415 bits per heavy atom. The maximum atomic E-state index is 12.4. The summed E-state index contributed by atoms with van der Waals surface area (Å²) in [6, 6.07) is -0.630. The molecule has 384 valence electrons. The molecule has 0 fully saturated rings. The topological polar surface area (TPSA) is 95.9 Å². The first-order valence-electron chi connectivity index (χ1n) is 29.1. The maximum Gasteiger partial charge on any atom is 0.305 e. The number of aliphatic hydroxyl groups excluding tert-OH is 2. The molecule has 0 radical (unpaired) electrons. The van der Waals surface area contributed by atoms with E-state index >= 15 is 0 Å². The third-order valence-corrected chi connectivity index (χ3v) is 13.5. The smallest absolute Gasteiger partial charge is 0.305 e. The van der Waals surface area contributed by atoms with Crippen molar-refractivity contribution in [2.75, 3.05) is 13.2 Å². The number of esters is 1. The van der Waals surface area contributed by atoms with Crippen LogP contribution in [-0.4, -0.2) is 47.4 Å². The minimum atomic E-state index is -0.846. The van der Waals surface area contributed by atoms with Crippen molar-refractivity contribution in [1.82, 2.24) is 5.32 Å². The molecule has 0 spiro atoms. The van der Waals surface area contributed by atoms with Crippen LogP contribution in [0.25, 0.3) is 0 Å². The van der Waals surface area contributed by atoms with Crippen molar-refractivity contribution in [3.8, 4) is 0 Å². The van der Waals surface area contributed by atoms with Gasteiger partial charge in [0.1, 0.15) is 0 Å². The van der Waals surface area contributed by atoms with Gasteiger partial charge in [-0.1, -0.05) is 269 Å². The summed E-state index contributed by atoms with van der Waals surface area (Å²) in [6.07, 6.45) is 66.4. The third kappa shape index (κ3) is 51.6. The molecule has 0 aliphatic carbocycles. The van der Waals surface area contributed by atoms with Crippen molar-refractivity contribution < 1.29 is 24.5 Å². The number of allylic oxidation sites excluding steroid dienone is 3. The lowest BCUT2D eigenvalue weighted by atomic mass is 10.0. The van der Waals surface area contributed by atoms with E-state index in [9.17, 15) is 19.8 Å². The van der Waals surface area contributed by atoms with Gasteiger partial charge in [-0.3, -0.25) is 9.59 Å². The predicted molar refractivity (Wildman–Crippen MR) is 283 cm³/mol. The molecule has 0 aromatic heterocycles. The van der Waals surface area contributed by atoms with Crippen LogP contribution in [0.15, 0.2) is 24.3 Å². The molecular weight excluding hydrogens is 803 g/mol. The van der Waals surface area contributed by atoms with Crippen LogP contribution in [0, 0.1) is 0 Å². The van der Waals surface area contributed by atoms with E-state index in [1.807, 2.05) is 6.08 Å². The molecule has 0 aromatic rings. The molecule has 0 aromatic carbocycles. The minimum absolute atomic E-state index is 0.0138. The highest BCUT2D eigenvalue weighted by atomic mass is 16.5. The molecule has 2 unspecified atom stereocenters. The summed E-state index contributed by atoms with van der Waals surface area (Å²) in [5, 5.41) is 23.0. The molecule has 0 heterocycles. The normalized spacial score (nSPS) is 12.7. The second-order valence-corrected chi connectivity index (χ2v) is 20.0. The number of aliphatic hydroxyl groups is 2. The van der Waals surface area contributed by atoms with E-state index < -0.39 is 12.1 Å². The Morgan fingerprint density at radius 2 is 0.723 bits per heavy atom. The fourth-order valence-corrected chi connectivity index (χ4v) is 8.98. The van der Waals surface area contributed by atoms with E-state index in [1.165, 1.54) is 244 Å². The second-order valence-electron chi connectivity index (χ2n) is 20.0. The van der Waals surface area contributed by atoms with Gasteiger partial charge in [-0.15, -0.1) is 0 Å². The van der Waals surface area contributed by atoms with Gasteiger partial charge in [0.2, 0.25) is 5.91 Å². The Labute approximate surface area is 405 Å². The van der Waals surface area contributed by atoms with Crippen molar-refractivity contribution in [1.29, 1.82) is 0 Å². The first kappa shape index (κ1) is 63.3. The average Bonchev–Trinajstić information content (AvgIpc) is 3.31. The summed E-state index contributed by atoms with van der Waals surface area (Å²) < 4.78 is 5.48. The van der Waals surface area contributed by atoms with E-state index in [-0.39, 0.29) is 18.5 Å². The molecule has 6 nitrogen and oxygen atoms in total. The van der Waals surface area contributed by atoms with E-state index in [4.69, 9.17) is 4.74 Å². The zero-order valence-corrected chi connectivity index (χ0v) is 43.7. The standard InChI is InChI=1S/C59H113NO5/c1-3-5-7-9-11-13-15-16-26-30-33-37-41-45-49-53-59(64)65-54-50-46-42-38-34-31-28-25-23-21-19-17-18-20-22-24-27-29-32-36-40-44-48-52-58(63)60-56(55-61)57(62)51-47-43-39-35-14-12-10-8-6-4-2/h20,22,47,51,56-57,61-62H,3-19,21,23-46,48-50,52-55H2,1-2H3,(H,60,63)/b22-20-,51-47+. The van der Waals surface area contributed by atoms with Gasteiger partial charge in [-0.2, -0.15) is 0 Å². The fourth-order valence-electron chi connectivity index (χ4n) is 8.98. The van der Waals surface area contributed by atoms with E-state index in [0.29, 0.717) is 19.4 Å². The van der Waals surface area contributed by atoms with Crippen LogP contribution in [0.4, 0.5) is 0 Å². The molecule has 2 atom stereocenters. The number of hydrogen-bond donors (Lipinski definition) is 3. The van der Waals surface area contributed by atoms with Gasteiger partial charge in [0.15, 0.2) is 0 Å². The van der Waals surface area contributed by atoms with Crippen molar-refractivity contribution in [2.45, 2.75) is 328 Å². The average molecular weight is 917 g/mol. The van der Waals surface area contributed by atoms with Crippen LogP contribution in [-0.2, 0) is 14.3 Å². The van der Waals surface area contributed by atoms with Gasteiger partial charge in [0.05, 0.1) is 25.4 Å². The number of unbranched alkanes of at least 4 members (excludes halogenated alkanes) is 41. The summed E-state index contributed by atoms with van der Waals surface area (Å²) in [6.45, 7) is 4.89. The Hall–Kier alpha value is -1.66. The van der Waals surface area contributed by atoms with E-state index in [0.717, 1.165) is 44.9 Å². The molecule has 0 aliphatic heterocycles. The SMILES string of the molecule is CCCCCCCCCC/C=C/C(O)C(CO)NC(=O)CCCCCCCCC/C=C\CCCCCCCCCCCCCCOC(=O)CCCCCCCCCCCCCCCCC. The Morgan fingerprint density at radius 3 is 1.09 bits per heavy atom. The minimum Gasteiger partial charge on any atom is -0.466 e. The lowest BCUT2D eigenvalue weighted by molar-refractivity contribution is -0.143. The molecule has 0 saturated carbocycles. The number of amides is 1. The van der Waals surface area contributed by atoms with Crippen LogP contribution in [0.5, 0.6) is 0 Å².